The maximum Gasteiger partial charge on any atom is 0.268 e. The Morgan fingerprint density at radius 1 is 1.23 bits per heavy atom. The lowest BCUT2D eigenvalue weighted by molar-refractivity contribution is 0.102. The number of thiophene rings is 1. The van der Waals surface area contributed by atoms with Gasteiger partial charge in [-0.15, -0.1) is 16.4 Å². The highest BCUT2D eigenvalue weighted by atomic mass is 32.1. The number of rotatable bonds is 5. The maximum atomic E-state index is 12.1. The Bertz CT molecular complexity index is 763. The number of amides is 1. The quantitative estimate of drug-likeness (QED) is 0.787. The molecule has 0 radical (unpaired) electrons. The lowest BCUT2D eigenvalue weighted by Crippen LogP contribution is -2.12. The van der Waals surface area contributed by atoms with Crippen LogP contribution in [-0.2, 0) is 13.0 Å². The van der Waals surface area contributed by atoms with E-state index >= 15 is 0 Å². The molecule has 3 aromatic rings. The minimum absolute atomic E-state index is 0.165. The van der Waals surface area contributed by atoms with Gasteiger partial charge in [0.2, 0.25) is 5.95 Å². The fourth-order valence-electron chi connectivity index (χ4n) is 2.05. The van der Waals surface area contributed by atoms with Crippen molar-refractivity contribution in [3.05, 3.63) is 64.1 Å². The van der Waals surface area contributed by atoms with Crippen molar-refractivity contribution < 1.29 is 4.79 Å². The summed E-state index contributed by atoms with van der Waals surface area (Å²) in [6.07, 6.45) is 2.55. The molecule has 1 aromatic carbocycles. The molecule has 0 fully saturated rings. The van der Waals surface area contributed by atoms with Gasteiger partial charge >= 0.3 is 0 Å². The minimum Gasteiger partial charge on any atom is -0.288 e. The van der Waals surface area contributed by atoms with Gasteiger partial charge in [-0.3, -0.25) is 10.1 Å². The summed E-state index contributed by atoms with van der Waals surface area (Å²) in [5, 5.41) is 7.01. The van der Waals surface area contributed by atoms with E-state index in [0.717, 1.165) is 12.0 Å². The number of hydrogen-bond donors (Lipinski definition) is 1. The van der Waals surface area contributed by atoms with Gasteiger partial charge in [-0.2, -0.15) is 0 Å². The molecule has 0 aliphatic heterocycles. The third-order valence-electron chi connectivity index (χ3n) is 3.18. The van der Waals surface area contributed by atoms with E-state index in [1.807, 2.05) is 42.5 Å². The van der Waals surface area contributed by atoms with Crippen molar-refractivity contribution in [3.8, 4) is 0 Å². The van der Waals surface area contributed by atoms with Gasteiger partial charge in [0.15, 0.2) is 0 Å². The molecule has 0 saturated carbocycles. The van der Waals surface area contributed by atoms with Crippen LogP contribution in [0.4, 0.5) is 5.95 Å². The molecule has 0 aliphatic carbocycles. The number of carbonyl (C=O) groups excluding carboxylic acids is 1. The van der Waals surface area contributed by atoms with E-state index in [2.05, 4.69) is 22.3 Å². The Balaban J connectivity index is 1.65. The Morgan fingerprint density at radius 3 is 2.77 bits per heavy atom. The number of nitrogens with zero attached hydrogens (tertiary/aromatic N) is 3. The van der Waals surface area contributed by atoms with Gasteiger partial charge in [0.25, 0.3) is 5.91 Å². The van der Waals surface area contributed by atoms with Crippen LogP contribution in [0.15, 0.2) is 48.8 Å². The van der Waals surface area contributed by atoms with Crippen LogP contribution >= 0.6 is 11.3 Å². The van der Waals surface area contributed by atoms with Gasteiger partial charge < -0.3 is 0 Å². The van der Waals surface area contributed by atoms with E-state index in [0.29, 0.717) is 17.4 Å². The highest BCUT2D eigenvalue weighted by Crippen LogP contribution is 2.17. The van der Waals surface area contributed by atoms with E-state index in [9.17, 15) is 4.79 Å². The number of aromatic nitrogens is 3. The number of anilines is 1. The van der Waals surface area contributed by atoms with Crippen molar-refractivity contribution >= 4 is 23.2 Å². The normalized spacial score (nSPS) is 10.6. The molecular formula is C16H16N4OS. The Kier molecular flexibility index (Phi) is 4.29. The summed E-state index contributed by atoms with van der Waals surface area (Å²) in [7, 11) is 0. The van der Waals surface area contributed by atoms with Gasteiger partial charge in [0, 0.05) is 4.88 Å². The number of nitrogens with one attached hydrogen (secondary N) is 1. The summed E-state index contributed by atoms with van der Waals surface area (Å²) in [5.74, 6) is 0.162. The first-order chi connectivity index (χ1) is 10.7. The van der Waals surface area contributed by atoms with E-state index in [1.54, 1.807) is 11.0 Å². The van der Waals surface area contributed by atoms with Crippen molar-refractivity contribution in [2.75, 3.05) is 5.32 Å². The van der Waals surface area contributed by atoms with Crippen molar-refractivity contribution in [2.45, 2.75) is 19.9 Å². The first-order valence-corrected chi connectivity index (χ1v) is 7.89. The Labute approximate surface area is 132 Å². The third kappa shape index (κ3) is 3.40. The van der Waals surface area contributed by atoms with Crippen LogP contribution in [0.2, 0.25) is 0 Å². The van der Waals surface area contributed by atoms with Crippen LogP contribution in [0.1, 0.15) is 27.0 Å². The van der Waals surface area contributed by atoms with Crippen LogP contribution in [0.3, 0.4) is 0 Å². The minimum atomic E-state index is -0.165. The van der Waals surface area contributed by atoms with Gasteiger partial charge in [-0.1, -0.05) is 37.3 Å². The second-order valence-electron chi connectivity index (χ2n) is 4.82. The third-order valence-corrected chi connectivity index (χ3v) is 4.41. The molecular weight excluding hydrogens is 296 g/mol. The fourth-order valence-corrected chi connectivity index (χ4v) is 2.89. The SMILES string of the molecule is CCc1ccc(C(=O)Nc2ncn(Cc3ccccc3)n2)s1. The first-order valence-electron chi connectivity index (χ1n) is 7.08. The molecule has 0 atom stereocenters. The summed E-state index contributed by atoms with van der Waals surface area (Å²) in [4.78, 5) is 18.1. The summed E-state index contributed by atoms with van der Waals surface area (Å²) in [6, 6.07) is 13.8. The monoisotopic (exact) mass is 312 g/mol. The van der Waals surface area contributed by atoms with Crippen molar-refractivity contribution in [1.82, 2.24) is 14.8 Å². The predicted octanol–water partition coefficient (Wildman–Crippen LogP) is 3.20. The fraction of sp³-hybridized carbons (Fsp3) is 0.188. The van der Waals surface area contributed by atoms with E-state index < -0.39 is 0 Å². The molecule has 1 N–H and O–H groups in total. The number of carbonyl (C=O) groups is 1. The standard InChI is InChI=1S/C16H16N4OS/c1-2-13-8-9-14(22-13)15(21)18-16-17-11-20(19-16)10-12-6-4-3-5-7-12/h3-9,11H,2,10H2,1H3,(H,18,19,21). The Morgan fingerprint density at radius 2 is 2.05 bits per heavy atom. The molecule has 112 valence electrons. The molecule has 3 rings (SSSR count). The molecule has 2 heterocycles. The molecule has 5 nitrogen and oxygen atoms in total. The van der Waals surface area contributed by atoms with Crippen molar-refractivity contribution in [3.63, 3.8) is 0 Å². The van der Waals surface area contributed by atoms with Gasteiger partial charge in [0.05, 0.1) is 11.4 Å². The molecule has 0 aliphatic rings. The zero-order valence-electron chi connectivity index (χ0n) is 12.2. The molecule has 22 heavy (non-hydrogen) atoms. The van der Waals surface area contributed by atoms with Gasteiger partial charge in [-0.05, 0) is 24.1 Å². The molecule has 0 unspecified atom stereocenters. The van der Waals surface area contributed by atoms with Crippen LogP contribution in [-0.4, -0.2) is 20.7 Å². The summed E-state index contributed by atoms with van der Waals surface area (Å²) in [5.41, 5.74) is 1.14. The van der Waals surface area contributed by atoms with Gasteiger partial charge in [0.1, 0.15) is 6.33 Å². The molecule has 1 amide bonds. The lowest BCUT2D eigenvalue weighted by Gasteiger charge is -2.00. The van der Waals surface area contributed by atoms with Crippen molar-refractivity contribution in [1.29, 1.82) is 0 Å². The lowest BCUT2D eigenvalue weighted by atomic mass is 10.2. The number of aryl methyl sites for hydroxylation is 1. The highest BCUT2D eigenvalue weighted by molar-refractivity contribution is 7.14. The molecule has 0 spiro atoms. The maximum absolute atomic E-state index is 12.1. The number of benzene rings is 1. The second-order valence-corrected chi connectivity index (χ2v) is 5.99. The molecule has 2 aromatic heterocycles. The predicted molar refractivity (Wildman–Crippen MR) is 87.2 cm³/mol. The topological polar surface area (TPSA) is 59.8 Å². The molecule has 0 bridgehead atoms. The number of hydrogen-bond acceptors (Lipinski definition) is 4. The zero-order valence-corrected chi connectivity index (χ0v) is 13.0. The van der Waals surface area contributed by atoms with Crippen LogP contribution in [0.25, 0.3) is 0 Å². The van der Waals surface area contributed by atoms with Crippen LogP contribution in [0, 0.1) is 0 Å². The smallest absolute Gasteiger partial charge is 0.268 e. The van der Waals surface area contributed by atoms with E-state index in [1.165, 1.54) is 16.2 Å². The average Bonchev–Trinajstić information content (AvgIpc) is 3.17. The summed E-state index contributed by atoms with van der Waals surface area (Å²) < 4.78 is 1.71. The van der Waals surface area contributed by atoms with Crippen LogP contribution < -0.4 is 5.32 Å². The summed E-state index contributed by atoms with van der Waals surface area (Å²) >= 11 is 1.50. The largest absolute Gasteiger partial charge is 0.288 e. The van der Waals surface area contributed by atoms with E-state index in [4.69, 9.17) is 0 Å². The van der Waals surface area contributed by atoms with Crippen molar-refractivity contribution in [2.24, 2.45) is 0 Å². The Hall–Kier alpha value is -2.47. The van der Waals surface area contributed by atoms with Gasteiger partial charge in [-0.25, -0.2) is 9.67 Å². The molecule has 6 heteroatoms. The summed E-state index contributed by atoms with van der Waals surface area (Å²) in [6.45, 7) is 2.70. The van der Waals surface area contributed by atoms with E-state index in [-0.39, 0.29) is 5.91 Å². The highest BCUT2D eigenvalue weighted by Gasteiger charge is 2.11. The first kappa shape index (κ1) is 14.5. The average molecular weight is 312 g/mol. The second kappa shape index (κ2) is 6.53. The van der Waals surface area contributed by atoms with Crippen LogP contribution in [0.5, 0.6) is 0 Å². The molecule has 0 saturated heterocycles. The zero-order chi connectivity index (χ0) is 15.4.